The summed E-state index contributed by atoms with van der Waals surface area (Å²) in [6, 6.07) is 8.05. The normalized spacial score (nSPS) is 13.3. The number of anilines is 1. The van der Waals surface area contributed by atoms with Gasteiger partial charge in [0.25, 0.3) is 0 Å². The maximum atomic E-state index is 8.61. The second-order valence-electron chi connectivity index (χ2n) is 4.19. The van der Waals surface area contributed by atoms with Gasteiger partial charge in [0.05, 0.1) is 6.04 Å². The van der Waals surface area contributed by atoms with Crippen molar-refractivity contribution in [2.45, 2.75) is 13.0 Å². The third-order valence-electron chi connectivity index (χ3n) is 3.05. The number of nitrogens with two attached hydrogens (primary N) is 1. The average Bonchev–Trinajstić information content (AvgIpc) is 2.99. The highest BCUT2D eigenvalue weighted by molar-refractivity contribution is 7.10. The van der Waals surface area contributed by atoms with E-state index >= 15 is 0 Å². The van der Waals surface area contributed by atoms with E-state index < -0.39 is 0 Å². The number of aromatic nitrogens is 1. The fourth-order valence-corrected chi connectivity index (χ4v) is 2.55. The Morgan fingerprint density at radius 3 is 2.79 bits per heavy atom. The molecule has 0 fully saturated rings. The van der Waals surface area contributed by atoms with Gasteiger partial charge in [0, 0.05) is 23.7 Å². The lowest BCUT2D eigenvalue weighted by Gasteiger charge is -2.25. The first-order valence-corrected chi connectivity index (χ1v) is 6.71. The van der Waals surface area contributed by atoms with Crippen LogP contribution in [0.2, 0.25) is 0 Å². The van der Waals surface area contributed by atoms with Crippen molar-refractivity contribution in [2.24, 2.45) is 10.9 Å². The number of amidine groups is 1. The van der Waals surface area contributed by atoms with Crippen LogP contribution >= 0.6 is 11.3 Å². The highest BCUT2D eigenvalue weighted by atomic mass is 32.1. The van der Waals surface area contributed by atoms with Crippen LogP contribution in [-0.2, 0) is 0 Å². The molecule has 1 unspecified atom stereocenters. The van der Waals surface area contributed by atoms with E-state index in [0.717, 1.165) is 5.82 Å². The maximum absolute atomic E-state index is 8.61. The monoisotopic (exact) mass is 276 g/mol. The second kappa shape index (κ2) is 5.71. The molecule has 2 heterocycles. The molecule has 0 aromatic carbocycles. The summed E-state index contributed by atoms with van der Waals surface area (Å²) in [5.74, 6) is 0.906. The molecule has 2 aromatic heterocycles. The first-order valence-electron chi connectivity index (χ1n) is 5.83. The molecule has 3 N–H and O–H groups in total. The molecule has 2 aromatic rings. The zero-order chi connectivity index (χ0) is 13.8. The van der Waals surface area contributed by atoms with Crippen molar-refractivity contribution >= 4 is 23.0 Å². The minimum Gasteiger partial charge on any atom is -0.409 e. The molecule has 2 rings (SSSR count). The van der Waals surface area contributed by atoms with Crippen molar-refractivity contribution in [3.8, 4) is 0 Å². The molecule has 0 saturated heterocycles. The molecule has 6 heteroatoms. The lowest BCUT2D eigenvalue weighted by molar-refractivity contribution is 0.318. The lowest BCUT2D eigenvalue weighted by atomic mass is 10.2. The van der Waals surface area contributed by atoms with Crippen LogP contribution < -0.4 is 10.6 Å². The summed E-state index contributed by atoms with van der Waals surface area (Å²) in [5.41, 5.74) is 6.11. The summed E-state index contributed by atoms with van der Waals surface area (Å²) in [7, 11) is 2.00. The average molecular weight is 276 g/mol. The van der Waals surface area contributed by atoms with Crippen molar-refractivity contribution in [1.82, 2.24) is 4.98 Å². The van der Waals surface area contributed by atoms with E-state index in [4.69, 9.17) is 10.9 Å². The Kier molecular flexibility index (Phi) is 4.01. The van der Waals surface area contributed by atoms with Crippen LogP contribution in [0, 0.1) is 0 Å². The standard InChI is InChI=1S/C13H16N4OS/c1-9(11-4-3-7-19-11)17(2)12-6-5-10(8-15-12)13(14)16-18/h3-9,18H,1-2H3,(H2,14,16). The number of rotatable bonds is 4. The summed E-state index contributed by atoms with van der Waals surface area (Å²) in [6.07, 6.45) is 1.60. The summed E-state index contributed by atoms with van der Waals surface area (Å²) in [5, 5.41) is 13.6. The molecule has 1 atom stereocenters. The Morgan fingerprint density at radius 1 is 1.47 bits per heavy atom. The van der Waals surface area contributed by atoms with Gasteiger partial charge in [-0.2, -0.15) is 0 Å². The molecule has 0 aliphatic carbocycles. The Morgan fingerprint density at radius 2 is 2.26 bits per heavy atom. The van der Waals surface area contributed by atoms with Crippen LogP contribution in [0.15, 0.2) is 41.0 Å². The van der Waals surface area contributed by atoms with Crippen LogP contribution in [-0.4, -0.2) is 23.1 Å². The molecule has 0 aliphatic rings. The number of pyridine rings is 1. The Hall–Kier alpha value is -2.08. The van der Waals surface area contributed by atoms with Gasteiger partial charge >= 0.3 is 0 Å². The first kappa shape index (κ1) is 13.4. The topological polar surface area (TPSA) is 74.7 Å². The van der Waals surface area contributed by atoms with E-state index in [1.165, 1.54) is 4.88 Å². The van der Waals surface area contributed by atoms with Gasteiger partial charge in [-0.3, -0.25) is 0 Å². The highest BCUT2D eigenvalue weighted by Gasteiger charge is 2.14. The molecule has 0 spiro atoms. The van der Waals surface area contributed by atoms with E-state index in [0.29, 0.717) is 5.56 Å². The molecule has 0 radical (unpaired) electrons. The molecule has 100 valence electrons. The van der Waals surface area contributed by atoms with Gasteiger partial charge < -0.3 is 15.8 Å². The van der Waals surface area contributed by atoms with Gasteiger partial charge in [0.2, 0.25) is 0 Å². The van der Waals surface area contributed by atoms with Gasteiger partial charge in [-0.05, 0) is 30.5 Å². The summed E-state index contributed by atoms with van der Waals surface area (Å²) in [6.45, 7) is 2.13. The van der Waals surface area contributed by atoms with Crippen molar-refractivity contribution < 1.29 is 5.21 Å². The highest BCUT2D eigenvalue weighted by Crippen LogP contribution is 2.26. The molecular weight excluding hydrogens is 260 g/mol. The van der Waals surface area contributed by atoms with Gasteiger partial charge in [-0.15, -0.1) is 11.3 Å². The number of thiophene rings is 1. The zero-order valence-electron chi connectivity index (χ0n) is 10.8. The van der Waals surface area contributed by atoms with Crippen LogP contribution in [0.3, 0.4) is 0 Å². The fraction of sp³-hybridized carbons (Fsp3) is 0.231. The summed E-state index contributed by atoms with van der Waals surface area (Å²) < 4.78 is 0. The fourth-order valence-electron chi connectivity index (χ4n) is 1.72. The predicted molar refractivity (Wildman–Crippen MR) is 77.9 cm³/mol. The molecule has 19 heavy (non-hydrogen) atoms. The molecular formula is C13H16N4OS. The predicted octanol–water partition coefficient (Wildman–Crippen LogP) is 2.43. The van der Waals surface area contributed by atoms with Crippen LogP contribution in [0.1, 0.15) is 23.4 Å². The van der Waals surface area contributed by atoms with Crippen molar-refractivity contribution in [3.63, 3.8) is 0 Å². The van der Waals surface area contributed by atoms with Gasteiger partial charge in [0.1, 0.15) is 5.82 Å². The Balaban J connectivity index is 2.18. The van der Waals surface area contributed by atoms with Gasteiger partial charge in [-0.25, -0.2) is 4.98 Å². The van der Waals surface area contributed by atoms with E-state index in [1.807, 2.05) is 19.2 Å². The largest absolute Gasteiger partial charge is 0.409 e. The minimum atomic E-state index is 0.0630. The van der Waals surface area contributed by atoms with E-state index in [2.05, 4.69) is 33.4 Å². The van der Waals surface area contributed by atoms with Crippen molar-refractivity contribution in [3.05, 3.63) is 46.3 Å². The zero-order valence-corrected chi connectivity index (χ0v) is 11.6. The molecule has 0 amide bonds. The number of hydrogen-bond donors (Lipinski definition) is 2. The molecule has 0 saturated carbocycles. The minimum absolute atomic E-state index is 0.0630. The second-order valence-corrected chi connectivity index (χ2v) is 5.17. The quantitative estimate of drug-likeness (QED) is 0.389. The number of nitrogens with zero attached hydrogens (tertiary/aromatic N) is 3. The Labute approximate surface area is 116 Å². The summed E-state index contributed by atoms with van der Waals surface area (Å²) >= 11 is 1.72. The number of oxime groups is 1. The van der Waals surface area contributed by atoms with E-state index in [-0.39, 0.29) is 11.9 Å². The summed E-state index contributed by atoms with van der Waals surface area (Å²) in [4.78, 5) is 7.70. The van der Waals surface area contributed by atoms with Gasteiger partial charge in [-0.1, -0.05) is 11.2 Å². The smallest absolute Gasteiger partial charge is 0.171 e. The maximum Gasteiger partial charge on any atom is 0.171 e. The van der Waals surface area contributed by atoms with E-state index in [1.54, 1.807) is 23.6 Å². The van der Waals surface area contributed by atoms with Crippen LogP contribution in [0.25, 0.3) is 0 Å². The van der Waals surface area contributed by atoms with E-state index in [9.17, 15) is 0 Å². The van der Waals surface area contributed by atoms with Crippen molar-refractivity contribution in [2.75, 3.05) is 11.9 Å². The Bertz CT molecular complexity index is 551. The van der Waals surface area contributed by atoms with Gasteiger partial charge in [0.15, 0.2) is 5.84 Å². The third kappa shape index (κ3) is 2.85. The first-order chi connectivity index (χ1) is 9.13. The molecule has 0 aliphatic heterocycles. The lowest BCUT2D eigenvalue weighted by Crippen LogP contribution is -2.22. The third-order valence-corrected chi connectivity index (χ3v) is 4.09. The number of hydrogen-bond acceptors (Lipinski definition) is 5. The molecule has 5 nitrogen and oxygen atoms in total. The van der Waals surface area contributed by atoms with Crippen LogP contribution in [0.4, 0.5) is 5.82 Å². The molecule has 0 bridgehead atoms. The van der Waals surface area contributed by atoms with Crippen molar-refractivity contribution in [1.29, 1.82) is 0 Å². The van der Waals surface area contributed by atoms with Crippen LogP contribution in [0.5, 0.6) is 0 Å². The SMILES string of the molecule is CC(c1cccs1)N(C)c1ccc(/C(N)=N/O)cn1.